The number of pyridine rings is 1. The van der Waals surface area contributed by atoms with Gasteiger partial charge in [-0.3, -0.25) is 19.1 Å². The van der Waals surface area contributed by atoms with Gasteiger partial charge in [-0.15, -0.1) is 0 Å². The summed E-state index contributed by atoms with van der Waals surface area (Å²) in [6.45, 7) is 1.06. The zero-order valence-corrected chi connectivity index (χ0v) is 18.6. The van der Waals surface area contributed by atoms with E-state index in [9.17, 15) is 19.5 Å². The summed E-state index contributed by atoms with van der Waals surface area (Å²) < 4.78 is 12.6. The Kier molecular flexibility index (Phi) is 4.91. The van der Waals surface area contributed by atoms with Crippen molar-refractivity contribution in [2.24, 2.45) is 0 Å². The normalized spacial score (nSPS) is 16.8. The van der Waals surface area contributed by atoms with Gasteiger partial charge in [0.1, 0.15) is 24.6 Å². The van der Waals surface area contributed by atoms with Crippen LogP contribution in [0.5, 0.6) is 17.2 Å². The first-order valence-corrected chi connectivity index (χ1v) is 11.3. The number of carbonyl (C=O) groups excluding carboxylic acids is 1. The van der Waals surface area contributed by atoms with Crippen LogP contribution in [0.25, 0.3) is 11.0 Å². The monoisotopic (exact) mass is 471 g/mol. The topological polar surface area (TPSA) is 124 Å². The summed E-state index contributed by atoms with van der Waals surface area (Å²) in [5.74, 6) is 0.894. The van der Waals surface area contributed by atoms with Gasteiger partial charge in [0.05, 0.1) is 11.9 Å². The van der Waals surface area contributed by atoms with Crippen molar-refractivity contribution in [3.05, 3.63) is 91.8 Å². The number of rotatable bonds is 3. The number of aromatic nitrogens is 3. The van der Waals surface area contributed by atoms with Crippen molar-refractivity contribution in [3.63, 3.8) is 0 Å². The van der Waals surface area contributed by atoms with Gasteiger partial charge in [0.15, 0.2) is 17.3 Å². The molecular formula is C26H21N3O6. The van der Waals surface area contributed by atoms with Gasteiger partial charge in [-0.25, -0.2) is 9.78 Å². The number of H-pyrrole nitrogens is 1. The van der Waals surface area contributed by atoms with Crippen molar-refractivity contribution in [1.82, 2.24) is 14.5 Å². The number of hydrogen-bond acceptors (Lipinski definition) is 7. The molecule has 0 saturated carbocycles. The molecule has 4 aromatic rings. The number of aromatic hydroxyl groups is 1. The van der Waals surface area contributed by atoms with Gasteiger partial charge in [0.25, 0.3) is 5.56 Å². The van der Waals surface area contributed by atoms with E-state index in [1.54, 1.807) is 36.4 Å². The molecule has 0 bridgehead atoms. The van der Waals surface area contributed by atoms with Gasteiger partial charge in [0.2, 0.25) is 0 Å². The molecule has 3 heterocycles. The van der Waals surface area contributed by atoms with Crippen LogP contribution >= 0.6 is 0 Å². The number of phenolic OH excluding ortho intramolecular Hbond substituents is 1. The molecule has 0 radical (unpaired) electrons. The molecule has 1 unspecified atom stereocenters. The Labute approximate surface area is 198 Å². The van der Waals surface area contributed by atoms with E-state index in [1.165, 1.54) is 10.8 Å². The molecule has 35 heavy (non-hydrogen) atoms. The van der Waals surface area contributed by atoms with Crippen LogP contribution in [0.15, 0.2) is 58.3 Å². The Morgan fingerprint density at radius 2 is 1.83 bits per heavy atom. The number of para-hydroxylation sites is 1. The lowest BCUT2D eigenvalue weighted by Crippen LogP contribution is -2.33. The minimum atomic E-state index is -0.593. The number of hydrogen-bond donors (Lipinski definition) is 2. The first-order valence-electron chi connectivity index (χ1n) is 11.3. The van der Waals surface area contributed by atoms with Gasteiger partial charge in [0, 0.05) is 18.2 Å². The Balaban J connectivity index is 1.48. The molecule has 0 saturated heterocycles. The molecule has 2 aromatic heterocycles. The van der Waals surface area contributed by atoms with E-state index in [0.29, 0.717) is 47.8 Å². The zero-order valence-electron chi connectivity index (χ0n) is 18.6. The number of carbonyl (C=O) groups is 1. The maximum atomic E-state index is 13.0. The van der Waals surface area contributed by atoms with Crippen molar-refractivity contribution in [1.29, 1.82) is 0 Å². The fourth-order valence-electron chi connectivity index (χ4n) is 4.98. The lowest BCUT2D eigenvalue weighted by molar-refractivity contribution is 0.0964. The molecule has 6 rings (SSSR count). The molecule has 0 fully saturated rings. The molecule has 1 aliphatic heterocycles. The molecule has 2 aromatic carbocycles. The predicted molar refractivity (Wildman–Crippen MR) is 127 cm³/mol. The fraction of sp³-hybridized carbons (Fsp3) is 0.231. The highest BCUT2D eigenvalue weighted by molar-refractivity contribution is 6.02. The Morgan fingerprint density at radius 1 is 1.03 bits per heavy atom. The van der Waals surface area contributed by atoms with Crippen LogP contribution in [0.1, 0.15) is 39.4 Å². The number of ether oxygens (including phenoxy) is 2. The first-order chi connectivity index (χ1) is 17.0. The first kappa shape index (κ1) is 21.2. The number of aromatic amines is 1. The van der Waals surface area contributed by atoms with Crippen LogP contribution in [0.2, 0.25) is 0 Å². The van der Waals surface area contributed by atoms with Gasteiger partial charge < -0.3 is 14.6 Å². The highest BCUT2D eigenvalue weighted by atomic mass is 16.6. The minimum Gasteiger partial charge on any atom is -0.508 e. The van der Waals surface area contributed by atoms with Crippen molar-refractivity contribution in [2.45, 2.75) is 25.3 Å². The Morgan fingerprint density at radius 3 is 2.66 bits per heavy atom. The van der Waals surface area contributed by atoms with Gasteiger partial charge in [-0.05, 0) is 47.2 Å². The summed E-state index contributed by atoms with van der Waals surface area (Å²) >= 11 is 0. The van der Waals surface area contributed by atoms with Gasteiger partial charge >= 0.3 is 5.69 Å². The van der Waals surface area contributed by atoms with E-state index in [1.807, 2.05) is 6.07 Å². The molecule has 1 atom stereocenters. The summed E-state index contributed by atoms with van der Waals surface area (Å²) in [6, 6.07) is 12.3. The standard InChI is InChI=1S/C26H21N3O6/c30-19-4-2-1-3-16(19)15-10-17-18(20(31)11-15)12-27-24-23(17)25(32)28-26(33)29(24)13-14-5-6-21-22(9-14)35-8-7-34-21/h1-6,9,12,15,30H,7-8,10-11,13H2,(H,28,32,33). The van der Waals surface area contributed by atoms with E-state index in [-0.39, 0.29) is 41.4 Å². The highest BCUT2D eigenvalue weighted by Crippen LogP contribution is 2.38. The zero-order chi connectivity index (χ0) is 24.1. The maximum Gasteiger partial charge on any atom is 0.330 e. The predicted octanol–water partition coefficient (Wildman–Crippen LogP) is 2.52. The van der Waals surface area contributed by atoms with E-state index in [2.05, 4.69) is 9.97 Å². The van der Waals surface area contributed by atoms with Gasteiger partial charge in [-0.1, -0.05) is 24.3 Å². The number of Topliss-reactive ketones (excluding diaryl/α,β-unsaturated/α-hetero) is 1. The van der Waals surface area contributed by atoms with Crippen molar-refractivity contribution in [3.8, 4) is 17.2 Å². The lowest BCUT2D eigenvalue weighted by Gasteiger charge is -2.25. The van der Waals surface area contributed by atoms with Crippen LogP contribution in [-0.2, 0) is 13.0 Å². The quantitative estimate of drug-likeness (QED) is 0.471. The molecule has 2 N–H and O–H groups in total. The smallest absolute Gasteiger partial charge is 0.330 e. The van der Waals surface area contributed by atoms with E-state index in [4.69, 9.17) is 9.47 Å². The third kappa shape index (κ3) is 3.56. The van der Waals surface area contributed by atoms with E-state index >= 15 is 0 Å². The average Bonchev–Trinajstić information content (AvgIpc) is 2.86. The number of benzene rings is 2. The van der Waals surface area contributed by atoms with Crippen LogP contribution < -0.4 is 20.7 Å². The lowest BCUT2D eigenvalue weighted by atomic mass is 9.79. The SMILES string of the molecule is O=C1CC(c2ccccc2O)Cc2c1cnc1c2c(=O)[nH]c(=O)n1Cc1ccc2c(c1)OCCO2. The molecular weight excluding hydrogens is 450 g/mol. The van der Waals surface area contributed by atoms with Gasteiger partial charge in [-0.2, -0.15) is 0 Å². The van der Waals surface area contributed by atoms with E-state index in [0.717, 1.165) is 5.56 Å². The largest absolute Gasteiger partial charge is 0.508 e. The molecule has 9 nitrogen and oxygen atoms in total. The Hall–Kier alpha value is -4.40. The number of nitrogens with one attached hydrogen (secondary N) is 1. The molecule has 176 valence electrons. The highest BCUT2D eigenvalue weighted by Gasteiger charge is 2.31. The third-order valence-corrected chi connectivity index (χ3v) is 6.62. The second-order valence-electron chi connectivity index (χ2n) is 8.76. The summed E-state index contributed by atoms with van der Waals surface area (Å²) in [6.07, 6.45) is 2.01. The van der Waals surface area contributed by atoms with Crippen LogP contribution in [0, 0.1) is 0 Å². The number of phenols is 1. The molecule has 1 aliphatic carbocycles. The summed E-state index contributed by atoms with van der Waals surface area (Å²) in [4.78, 5) is 45.6. The summed E-state index contributed by atoms with van der Waals surface area (Å²) in [5.41, 5.74) is 1.36. The van der Waals surface area contributed by atoms with Crippen molar-refractivity contribution in [2.75, 3.05) is 13.2 Å². The van der Waals surface area contributed by atoms with E-state index < -0.39 is 11.2 Å². The van der Waals surface area contributed by atoms with Crippen LogP contribution in [0.4, 0.5) is 0 Å². The third-order valence-electron chi connectivity index (χ3n) is 6.62. The maximum absolute atomic E-state index is 13.0. The Bertz CT molecular complexity index is 1620. The summed E-state index contributed by atoms with van der Waals surface area (Å²) in [5, 5.41) is 10.6. The van der Waals surface area contributed by atoms with Crippen LogP contribution in [-0.4, -0.2) is 38.6 Å². The number of fused-ring (bicyclic) bond motifs is 4. The summed E-state index contributed by atoms with van der Waals surface area (Å²) in [7, 11) is 0. The number of ketones is 1. The fourth-order valence-corrected chi connectivity index (χ4v) is 4.98. The average molecular weight is 471 g/mol. The second kappa shape index (κ2) is 8.12. The van der Waals surface area contributed by atoms with Crippen LogP contribution in [0.3, 0.4) is 0 Å². The molecule has 0 amide bonds. The molecule has 9 heteroatoms. The van der Waals surface area contributed by atoms with Crippen molar-refractivity contribution >= 4 is 16.8 Å². The second-order valence-corrected chi connectivity index (χ2v) is 8.76. The minimum absolute atomic E-state index is 0.108. The molecule has 0 spiro atoms. The van der Waals surface area contributed by atoms with Crippen molar-refractivity contribution < 1.29 is 19.4 Å². The molecule has 2 aliphatic rings. The number of nitrogens with zero attached hydrogens (tertiary/aromatic N) is 2.